The SMILES string of the molecule is CC(C)(C)C1CN(C(=O)CCOCCOCCOCCOCCn2cc(CN3C(=O)CC(C(C)(C)C)C3=O)nn2)C1. The van der Waals surface area contributed by atoms with Crippen molar-refractivity contribution in [2.75, 3.05) is 65.9 Å². The normalized spacial score (nSPS) is 18.4. The van der Waals surface area contributed by atoms with Gasteiger partial charge in [0, 0.05) is 19.5 Å². The van der Waals surface area contributed by atoms with E-state index in [4.69, 9.17) is 18.9 Å². The van der Waals surface area contributed by atoms with Gasteiger partial charge in [-0.3, -0.25) is 19.3 Å². The summed E-state index contributed by atoms with van der Waals surface area (Å²) in [7, 11) is 0. The molecular weight excluding hydrogens is 530 g/mol. The van der Waals surface area contributed by atoms with Gasteiger partial charge in [-0.25, -0.2) is 4.68 Å². The zero-order valence-corrected chi connectivity index (χ0v) is 25.7. The van der Waals surface area contributed by atoms with Gasteiger partial charge in [0.1, 0.15) is 5.69 Å². The van der Waals surface area contributed by atoms with Crippen molar-refractivity contribution in [1.29, 1.82) is 0 Å². The second-order valence-electron chi connectivity index (χ2n) is 13.0. The third-order valence-electron chi connectivity index (χ3n) is 7.70. The van der Waals surface area contributed by atoms with Crippen LogP contribution in [0.5, 0.6) is 0 Å². The molecular formula is C29H49N5O7. The largest absolute Gasteiger partial charge is 0.379 e. The molecule has 0 N–H and O–H groups in total. The van der Waals surface area contributed by atoms with Crippen LogP contribution in [0.15, 0.2) is 6.20 Å². The first-order valence-corrected chi connectivity index (χ1v) is 14.7. The van der Waals surface area contributed by atoms with Crippen LogP contribution < -0.4 is 0 Å². The Morgan fingerprint density at radius 2 is 1.41 bits per heavy atom. The predicted octanol–water partition coefficient (Wildman–Crippen LogP) is 2.16. The molecule has 12 nitrogen and oxygen atoms in total. The average Bonchev–Trinajstić information content (AvgIpc) is 3.41. The molecule has 0 spiro atoms. The summed E-state index contributed by atoms with van der Waals surface area (Å²) >= 11 is 0. The fourth-order valence-corrected chi connectivity index (χ4v) is 4.68. The molecule has 0 saturated carbocycles. The lowest BCUT2D eigenvalue weighted by Gasteiger charge is -2.46. The molecule has 1 aromatic rings. The summed E-state index contributed by atoms with van der Waals surface area (Å²) in [5.74, 6) is 0.145. The van der Waals surface area contributed by atoms with Crippen molar-refractivity contribution in [3.63, 3.8) is 0 Å². The van der Waals surface area contributed by atoms with Crippen molar-refractivity contribution in [2.24, 2.45) is 22.7 Å². The zero-order chi connectivity index (χ0) is 30.0. The number of carbonyl (C=O) groups is 3. The van der Waals surface area contributed by atoms with E-state index in [1.807, 2.05) is 25.7 Å². The van der Waals surface area contributed by atoms with Crippen molar-refractivity contribution >= 4 is 17.7 Å². The lowest BCUT2D eigenvalue weighted by atomic mass is 9.76. The molecule has 1 unspecified atom stereocenters. The van der Waals surface area contributed by atoms with Crippen molar-refractivity contribution in [3.05, 3.63) is 11.9 Å². The van der Waals surface area contributed by atoms with Crippen LogP contribution in [0, 0.1) is 22.7 Å². The van der Waals surface area contributed by atoms with E-state index in [1.54, 1.807) is 10.9 Å². The van der Waals surface area contributed by atoms with Crippen LogP contribution in [-0.4, -0.2) is 108 Å². The van der Waals surface area contributed by atoms with E-state index in [1.165, 1.54) is 4.90 Å². The molecule has 2 aliphatic rings. The molecule has 3 amide bonds. The molecule has 0 aliphatic carbocycles. The van der Waals surface area contributed by atoms with Crippen molar-refractivity contribution in [1.82, 2.24) is 24.8 Å². The number of ether oxygens (including phenoxy) is 4. The quantitative estimate of drug-likeness (QED) is 0.202. The van der Waals surface area contributed by atoms with Gasteiger partial charge in [-0.15, -0.1) is 5.10 Å². The molecule has 232 valence electrons. The minimum Gasteiger partial charge on any atom is -0.379 e. The maximum Gasteiger partial charge on any atom is 0.233 e. The number of rotatable bonds is 17. The summed E-state index contributed by atoms with van der Waals surface area (Å²) in [6.45, 7) is 18.5. The molecule has 3 rings (SSSR count). The van der Waals surface area contributed by atoms with E-state index in [9.17, 15) is 14.4 Å². The fourth-order valence-electron chi connectivity index (χ4n) is 4.68. The first-order valence-electron chi connectivity index (χ1n) is 14.7. The summed E-state index contributed by atoms with van der Waals surface area (Å²) in [6.07, 6.45) is 2.39. The van der Waals surface area contributed by atoms with Crippen molar-refractivity contribution < 1.29 is 33.3 Å². The summed E-state index contributed by atoms with van der Waals surface area (Å²) in [5.41, 5.74) is 0.574. The van der Waals surface area contributed by atoms with Gasteiger partial charge in [-0.2, -0.15) is 0 Å². The summed E-state index contributed by atoms with van der Waals surface area (Å²) in [6, 6.07) is 0. The van der Waals surface area contributed by atoms with Gasteiger partial charge in [0.2, 0.25) is 17.7 Å². The van der Waals surface area contributed by atoms with Gasteiger partial charge in [0.15, 0.2) is 0 Å². The Labute approximate surface area is 244 Å². The second kappa shape index (κ2) is 15.2. The van der Waals surface area contributed by atoms with Crippen LogP contribution >= 0.6 is 0 Å². The topological polar surface area (TPSA) is 125 Å². The maximum absolute atomic E-state index is 12.7. The van der Waals surface area contributed by atoms with Crippen LogP contribution in [0.25, 0.3) is 0 Å². The van der Waals surface area contributed by atoms with Gasteiger partial charge in [0.05, 0.1) is 84.5 Å². The Kier molecular flexibility index (Phi) is 12.2. The van der Waals surface area contributed by atoms with E-state index in [2.05, 4.69) is 31.1 Å². The van der Waals surface area contributed by atoms with Crippen LogP contribution in [0.1, 0.15) is 60.1 Å². The van der Waals surface area contributed by atoms with Gasteiger partial charge >= 0.3 is 0 Å². The summed E-state index contributed by atoms with van der Waals surface area (Å²) in [5, 5.41) is 8.16. The van der Waals surface area contributed by atoms with E-state index >= 15 is 0 Å². The molecule has 0 bridgehead atoms. The van der Waals surface area contributed by atoms with Crippen LogP contribution in [0.2, 0.25) is 0 Å². The number of imide groups is 1. The van der Waals surface area contributed by atoms with E-state index < -0.39 is 0 Å². The number of amides is 3. The highest BCUT2D eigenvalue weighted by Gasteiger charge is 2.44. The van der Waals surface area contributed by atoms with Crippen LogP contribution in [0.3, 0.4) is 0 Å². The smallest absolute Gasteiger partial charge is 0.233 e. The van der Waals surface area contributed by atoms with Gasteiger partial charge in [0.25, 0.3) is 0 Å². The standard InChI is InChI=1S/C29H49N5O7/c1-28(2,3)22-18-32(19-22)25(35)7-9-38-11-13-40-15-16-41-14-12-39-10-8-33-20-23(30-31-33)21-34-26(36)17-24(27(34)37)29(4,5)6/h20,22,24H,7-19,21H2,1-6H3. The summed E-state index contributed by atoms with van der Waals surface area (Å²) in [4.78, 5) is 40.3. The number of carbonyl (C=O) groups excluding carboxylic acids is 3. The molecule has 41 heavy (non-hydrogen) atoms. The Bertz CT molecular complexity index is 994. The average molecular weight is 580 g/mol. The van der Waals surface area contributed by atoms with E-state index in [-0.39, 0.29) is 47.4 Å². The highest BCUT2D eigenvalue weighted by Crippen LogP contribution is 2.36. The van der Waals surface area contributed by atoms with E-state index in [0.717, 1.165) is 13.1 Å². The Balaban J connectivity index is 1.11. The Hall–Kier alpha value is -2.41. The number of hydrogen-bond donors (Lipinski definition) is 0. The van der Waals surface area contributed by atoms with Gasteiger partial charge in [-0.1, -0.05) is 46.8 Å². The second-order valence-corrected chi connectivity index (χ2v) is 13.0. The molecule has 2 saturated heterocycles. The van der Waals surface area contributed by atoms with Crippen LogP contribution in [0.4, 0.5) is 0 Å². The predicted molar refractivity (Wildman–Crippen MR) is 151 cm³/mol. The van der Waals surface area contributed by atoms with Crippen LogP contribution in [-0.2, 0) is 46.4 Å². The first-order chi connectivity index (χ1) is 19.4. The lowest BCUT2D eigenvalue weighted by Crippen LogP contribution is -2.54. The molecule has 0 radical (unpaired) electrons. The molecule has 1 atom stereocenters. The molecule has 12 heteroatoms. The van der Waals surface area contributed by atoms with Gasteiger partial charge in [-0.05, 0) is 16.7 Å². The number of nitrogens with zero attached hydrogens (tertiary/aromatic N) is 5. The van der Waals surface area contributed by atoms with Gasteiger partial charge < -0.3 is 23.8 Å². The lowest BCUT2D eigenvalue weighted by molar-refractivity contribution is -0.142. The third kappa shape index (κ3) is 10.4. The van der Waals surface area contributed by atoms with Crippen molar-refractivity contribution in [3.8, 4) is 0 Å². The fraction of sp³-hybridized carbons (Fsp3) is 0.828. The van der Waals surface area contributed by atoms with E-state index in [0.29, 0.717) is 77.4 Å². The Morgan fingerprint density at radius 1 is 0.854 bits per heavy atom. The minimum absolute atomic E-state index is 0.140. The Morgan fingerprint density at radius 3 is 1.95 bits per heavy atom. The number of likely N-dealkylation sites (tertiary alicyclic amines) is 2. The maximum atomic E-state index is 12.7. The monoisotopic (exact) mass is 579 g/mol. The molecule has 2 fully saturated rings. The molecule has 3 heterocycles. The summed E-state index contributed by atoms with van der Waals surface area (Å²) < 4.78 is 23.7. The van der Waals surface area contributed by atoms with Crippen molar-refractivity contribution in [2.45, 2.75) is 67.5 Å². The number of hydrogen-bond acceptors (Lipinski definition) is 9. The molecule has 1 aromatic heterocycles. The third-order valence-corrected chi connectivity index (χ3v) is 7.70. The molecule has 0 aromatic carbocycles. The highest BCUT2D eigenvalue weighted by atomic mass is 16.6. The highest BCUT2D eigenvalue weighted by molar-refractivity contribution is 6.03. The first kappa shape index (κ1) is 33.1. The minimum atomic E-state index is -0.300. The zero-order valence-electron chi connectivity index (χ0n) is 25.7. The molecule has 2 aliphatic heterocycles. The number of aromatic nitrogens is 3.